The average Bonchev–Trinajstić information content (AvgIpc) is 2.82. The summed E-state index contributed by atoms with van der Waals surface area (Å²) in [5.41, 5.74) is 0.433. The van der Waals surface area contributed by atoms with Gasteiger partial charge in [0.05, 0.1) is 11.5 Å². The van der Waals surface area contributed by atoms with E-state index in [1.807, 2.05) is 37.3 Å². The Morgan fingerprint density at radius 2 is 1.91 bits per heavy atom. The molecule has 0 aromatic heterocycles. The second-order valence-corrected chi connectivity index (χ2v) is 11.0. The van der Waals surface area contributed by atoms with Gasteiger partial charge in [-0.1, -0.05) is 36.4 Å². The molecular formula is C25H29FN2O4S. The lowest BCUT2D eigenvalue weighted by Crippen LogP contribution is -2.44. The Balaban J connectivity index is 1.48. The lowest BCUT2D eigenvalue weighted by atomic mass is 9.83. The molecule has 8 heteroatoms. The van der Waals surface area contributed by atoms with Crippen molar-refractivity contribution in [2.45, 2.75) is 50.4 Å². The Morgan fingerprint density at radius 1 is 1.18 bits per heavy atom. The van der Waals surface area contributed by atoms with Gasteiger partial charge in [-0.3, -0.25) is 0 Å². The molecule has 0 aliphatic carbocycles. The molecule has 0 N–H and O–H groups in total. The van der Waals surface area contributed by atoms with Crippen molar-refractivity contribution in [3.8, 4) is 11.8 Å². The van der Waals surface area contributed by atoms with Gasteiger partial charge in [0, 0.05) is 37.4 Å². The van der Waals surface area contributed by atoms with Crippen molar-refractivity contribution >= 4 is 10.0 Å². The third kappa shape index (κ3) is 5.06. The standard InChI is InChI=1S/C25H29FN2O4S/c1-19-7-10-24(20-5-3-2-4-6-20)33(29,30)28(19)16-21-8-9-22(15-23(21)26)32-18-25(17-27)11-13-31-14-12-25/h2-6,8-9,15,19,24H,7,10-14,16,18H2,1H3/t19-,24+/m0/s1. The largest absolute Gasteiger partial charge is 0.492 e. The number of nitriles is 1. The van der Waals surface area contributed by atoms with E-state index in [4.69, 9.17) is 9.47 Å². The lowest BCUT2D eigenvalue weighted by molar-refractivity contribution is 0.0190. The SMILES string of the molecule is C[C@H]1CC[C@H](c2ccccc2)S(=O)(=O)N1Cc1ccc(OCC2(C#N)CCOCC2)cc1F. The Bertz CT molecular complexity index is 1110. The summed E-state index contributed by atoms with van der Waals surface area (Å²) < 4.78 is 54.2. The average molecular weight is 473 g/mol. The van der Waals surface area contributed by atoms with E-state index < -0.39 is 26.5 Å². The van der Waals surface area contributed by atoms with Gasteiger partial charge in [0.1, 0.15) is 23.4 Å². The van der Waals surface area contributed by atoms with Gasteiger partial charge in [0.25, 0.3) is 0 Å². The summed E-state index contributed by atoms with van der Waals surface area (Å²) in [5, 5.41) is 8.93. The summed E-state index contributed by atoms with van der Waals surface area (Å²) in [4.78, 5) is 0. The van der Waals surface area contributed by atoms with Crippen LogP contribution in [-0.4, -0.2) is 38.6 Å². The van der Waals surface area contributed by atoms with E-state index in [1.54, 1.807) is 12.1 Å². The van der Waals surface area contributed by atoms with Crippen LogP contribution in [-0.2, 0) is 21.3 Å². The minimum Gasteiger partial charge on any atom is -0.492 e. The zero-order chi connectivity index (χ0) is 23.5. The molecular weight excluding hydrogens is 443 g/mol. The Morgan fingerprint density at radius 3 is 2.58 bits per heavy atom. The highest BCUT2D eigenvalue weighted by atomic mass is 32.2. The fourth-order valence-electron chi connectivity index (χ4n) is 4.54. The van der Waals surface area contributed by atoms with Crippen molar-refractivity contribution in [1.82, 2.24) is 4.31 Å². The highest BCUT2D eigenvalue weighted by Gasteiger charge is 2.40. The van der Waals surface area contributed by atoms with Crippen LogP contribution in [0.3, 0.4) is 0 Å². The summed E-state index contributed by atoms with van der Waals surface area (Å²) in [7, 11) is -3.64. The van der Waals surface area contributed by atoms with Gasteiger partial charge < -0.3 is 9.47 Å². The second kappa shape index (κ2) is 9.80. The van der Waals surface area contributed by atoms with Crippen molar-refractivity contribution in [1.29, 1.82) is 5.26 Å². The first-order valence-electron chi connectivity index (χ1n) is 11.3. The molecule has 2 saturated heterocycles. The zero-order valence-corrected chi connectivity index (χ0v) is 19.6. The summed E-state index contributed by atoms with van der Waals surface area (Å²) in [5.74, 6) is -0.191. The van der Waals surface area contributed by atoms with Gasteiger partial charge in [0.15, 0.2) is 0 Å². The molecule has 2 aromatic rings. The number of ether oxygens (including phenoxy) is 2. The first-order valence-corrected chi connectivity index (χ1v) is 12.8. The minimum absolute atomic E-state index is 0.0293. The number of hydrogen-bond donors (Lipinski definition) is 0. The van der Waals surface area contributed by atoms with Crippen molar-refractivity contribution in [2.24, 2.45) is 5.41 Å². The molecule has 0 amide bonds. The smallest absolute Gasteiger partial charge is 0.221 e. The van der Waals surface area contributed by atoms with E-state index in [-0.39, 0.29) is 19.2 Å². The van der Waals surface area contributed by atoms with Crippen LogP contribution in [0.15, 0.2) is 48.5 Å². The third-order valence-corrected chi connectivity index (χ3v) is 9.12. The molecule has 2 fully saturated rings. The fraction of sp³-hybridized carbons (Fsp3) is 0.480. The number of halogens is 1. The van der Waals surface area contributed by atoms with Gasteiger partial charge in [-0.15, -0.1) is 0 Å². The van der Waals surface area contributed by atoms with E-state index in [0.29, 0.717) is 50.2 Å². The molecule has 2 atom stereocenters. The highest BCUT2D eigenvalue weighted by molar-refractivity contribution is 7.89. The molecule has 0 unspecified atom stereocenters. The van der Waals surface area contributed by atoms with E-state index in [1.165, 1.54) is 10.4 Å². The van der Waals surface area contributed by atoms with Crippen molar-refractivity contribution in [3.63, 3.8) is 0 Å². The normalized spacial score (nSPS) is 24.6. The van der Waals surface area contributed by atoms with Crippen molar-refractivity contribution in [3.05, 3.63) is 65.5 Å². The summed E-state index contributed by atoms with van der Waals surface area (Å²) in [6.45, 7) is 3.02. The molecule has 4 rings (SSSR count). The quantitative estimate of drug-likeness (QED) is 0.615. The Kier molecular flexibility index (Phi) is 7.03. The van der Waals surface area contributed by atoms with E-state index in [2.05, 4.69) is 6.07 Å². The highest BCUT2D eigenvalue weighted by Crippen LogP contribution is 2.38. The van der Waals surface area contributed by atoms with Crippen LogP contribution in [0.4, 0.5) is 4.39 Å². The van der Waals surface area contributed by atoms with Crippen LogP contribution < -0.4 is 4.74 Å². The molecule has 0 spiro atoms. The van der Waals surface area contributed by atoms with Crippen molar-refractivity contribution in [2.75, 3.05) is 19.8 Å². The summed E-state index contributed by atoms with van der Waals surface area (Å²) in [6, 6.07) is 15.8. The maximum atomic E-state index is 15.0. The molecule has 176 valence electrons. The van der Waals surface area contributed by atoms with Crippen LogP contribution in [0.5, 0.6) is 5.75 Å². The van der Waals surface area contributed by atoms with Crippen LogP contribution in [0, 0.1) is 22.6 Å². The topological polar surface area (TPSA) is 79.6 Å². The van der Waals surface area contributed by atoms with Crippen LogP contribution in [0.1, 0.15) is 49.0 Å². The number of sulfonamides is 1. The van der Waals surface area contributed by atoms with Gasteiger partial charge in [-0.2, -0.15) is 9.57 Å². The maximum Gasteiger partial charge on any atom is 0.221 e. The second-order valence-electron chi connectivity index (χ2n) is 8.96. The summed E-state index contributed by atoms with van der Waals surface area (Å²) >= 11 is 0. The molecule has 2 aromatic carbocycles. The van der Waals surface area contributed by atoms with Gasteiger partial charge in [0.2, 0.25) is 10.0 Å². The predicted molar refractivity (Wildman–Crippen MR) is 122 cm³/mol. The Labute approximate surface area is 195 Å². The molecule has 0 saturated carbocycles. The molecule has 2 aliphatic heterocycles. The first-order chi connectivity index (χ1) is 15.8. The van der Waals surface area contributed by atoms with Crippen molar-refractivity contribution < 1.29 is 22.3 Å². The molecule has 2 aliphatic rings. The Hall–Kier alpha value is -2.47. The first kappa shape index (κ1) is 23.7. The van der Waals surface area contributed by atoms with Gasteiger partial charge in [-0.25, -0.2) is 12.8 Å². The monoisotopic (exact) mass is 472 g/mol. The molecule has 33 heavy (non-hydrogen) atoms. The van der Waals surface area contributed by atoms with Gasteiger partial charge >= 0.3 is 0 Å². The summed E-state index contributed by atoms with van der Waals surface area (Å²) in [6.07, 6.45) is 2.42. The van der Waals surface area contributed by atoms with Crippen LogP contribution in [0.2, 0.25) is 0 Å². The molecule has 0 radical (unpaired) electrons. The van der Waals surface area contributed by atoms with E-state index in [0.717, 1.165) is 5.56 Å². The van der Waals surface area contributed by atoms with E-state index in [9.17, 15) is 18.1 Å². The predicted octanol–water partition coefficient (Wildman–Crippen LogP) is 4.58. The number of rotatable bonds is 6. The maximum absolute atomic E-state index is 15.0. The molecule has 2 heterocycles. The van der Waals surface area contributed by atoms with Crippen LogP contribution in [0.25, 0.3) is 0 Å². The molecule has 6 nitrogen and oxygen atoms in total. The number of hydrogen-bond acceptors (Lipinski definition) is 5. The van der Waals surface area contributed by atoms with E-state index >= 15 is 0 Å². The fourth-order valence-corrected chi connectivity index (χ4v) is 6.73. The molecule has 0 bridgehead atoms. The number of nitrogens with zero attached hydrogens (tertiary/aromatic N) is 2. The van der Waals surface area contributed by atoms with Gasteiger partial charge in [-0.05, 0) is 44.2 Å². The third-order valence-electron chi connectivity index (χ3n) is 6.75. The van der Waals surface area contributed by atoms with Crippen LogP contribution >= 0.6 is 0 Å². The number of benzene rings is 2. The minimum atomic E-state index is -3.64. The lowest BCUT2D eigenvalue weighted by Gasteiger charge is -2.37. The zero-order valence-electron chi connectivity index (χ0n) is 18.7.